The van der Waals surface area contributed by atoms with Gasteiger partial charge in [-0.1, -0.05) is 6.92 Å². The van der Waals surface area contributed by atoms with E-state index < -0.39 is 15.4 Å². The average Bonchev–Trinajstić information content (AvgIpc) is 3.37. The van der Waals surface area contributed by atoms with Gasteiger partial charge in [-0.15, -0.1) is 0 Å². The largest absolute Gasteiger partial charge is 0.338 e. The van der Waals surface area contributed by atoms with Gasteiger partial charge in [0, 0.05) is 31.4 Å². The Hall–Kier alpha value is -1.93. The van der Waals surface area contributed by atoms with Gasteiger partial charge in [-0.05, 0) is 76.1 Å². The zero-order chi connectivity index (χ0) is 22.4. The molecule has 0 radical (unpaired) electrons. The van der Waals surface area contributed by atoms with Crippen LogP contribution in [0.25, 0.3) is 0 Å². The van der Waals surface area contributed by atoms with Crippen molar-refractivity contribution in [3.63, 3.8) is 0 Å². The maximum Gasteiger partial charge on any atom is 0.243 e. The highest BCUT2D eigenvalue weighted by Gasteiger charge is 2.46. The lowest BCUT2D eigenvalue weighted by atomic mass is 9.86. The molecule has 2 amide bonds. The Balaban J connectivity index is 1.63. The van der Waals surface area contributed by atoms with Crippen molar-refractivity contribution in [1.29, 1.82) is 0 Å². The first kappa shape index (κ1) is 22.3. The highest BCUT2D eigenvalue weighted by atomic mass is 32.2. The topological polar surface area (TPSA) is 78.0 Å². The van der Waals surface area contributed by atoms with Crippen molar-refractivity contribution in [2.45, 2.75) is 75.6 Å². The number of hydrogen-bond acceptors (Lipinski definition) is 4. The fourth-order valence-corrected chi connectivity index (χ4v) is 6.73. The normalized spacial score (nSPS) is 24.0. The van der Waals surface area contributed by atoms with E-state index in [1.54, 1.807) is 36.9 Å². The van der Waals surface area contributed by atoms with Crippen LogP contribution in [0.5, 0.6) is 0 Å². The summed E-state index contributed by atoms with van der Waals surface area (Å²) in [6, 6.07) is 5.15. The number of amides is 2. The molecule has 4 rings (SSSR count). The Morgan fingerprint density at radius 3 is 2.45 bits per heavy atom. The van der Waals surface area contributed by atoms with Gasteiger partial charge in [-0.25, -0.2) is 8.42 Å². The van der Waals surface area contributed by atoms with Crippen LogP contribution in [-0.2, 0) is 25.0 Å². The number of piperidine rings is 1. The highest BCUT2D eigenvalue weighted by Crippen LogP contribution is 2.43. The molecule has 7 nitrogen and oxygen atoms in total. The molecule has 0 unspecified atom stereocenters. The third kappa shape index (κ3) is 3.78. The zero-order valence-corrected chi connectivity index (χ0v) is 19.6. The lowest BCUT2D eigenvalue weighted by Gasteiger charge is -2.36. The molecular formula is C23H33N3O4S. The standard InChI is InChI=1S/C23H33N3O4S/c1-4-17-9-5-6-14-25(17)21(27)16-26-20-11-10-18(15-19(20)23(2,3)22(26)28)31(29,30)24-12-7-8-13-24/h10-11,15,17H,4-9,12-14,16H2,1-3H3/t17-/m1/s1. The van der Waals surface area contributed by atoms with Crippen LogP contribution in [-0.4, -0.2) is 61.7 Å². The molecule has 0 saturated carbocycles. The van der Waals surface area contributed by atoms with E-state index in [0.717, 1.165) is 45.1 Å². The molecule has 1 atom stereocenters. The molecule has 1 aromatic carbocycles. The first-order chi connectivity index (χ1) is 14.7. The van der Waals surface area contributed by atoms with Crippen molar-refractivity contribution in [1.82, 2.24) is 9.21 Å². The third-order valence-corrected chi connectivity index (χ3v) is 9.02. The van der Waals surface area contributed by atoms with Crippen LogP contribution < -0.4 is 4.90 Å². The number of anilines is 1. The van der Waals surface area contributed by atoms with Crippen molar-refractivity contribution in [3.05, 3.63) is 23.8 Å². The van der Waals surface area contributed by atoms with Gasteiger partial charge in [0.15, 0.2) is 0 Å². The molecule has 0 aliphatic carbocycles. The molecule has 170 valence electrons. The number of hydrogen-bond donors (Lipinski definition) is 0. The molecule has 0 spiro atoms. The third-order valence-electron chi connectivity index (χ3n) is 7.13. The van der Waals surface area contributed by atoms with Crippen LogP contribution >= 0.6 is 0 Å². The maximum atomic E-state index is 13.3. The van der Waals surface area contributed by atoms with Gasteiger partial charge in [0.1, 0.15) is 6.54 Å². The summed E-state index contributed by atoms with van der Waals surface area (Å²) in [5.74, 6) is -0.186. The number of benzene rings is 1. The van der Waals surface area contributed by atoms with Crippen LogP contribution in [0.15, 0.2) is 23.1 Å². The summed E-state index contributed by atoms with van der Waals surface area (Å²) in [7, 11) is -3.57. The van der Waals surface area contributed by atoms with E-state index in [9.17, 15) is 18.0 Å². The molecule has 0 aromatic heterocycles. The summed E-state index contributed by atoms with van der Waals surface area (Å²) in [5.41, 5.74) is 0.447. The molecule has 2 fully saturated rings. The lowest BCUT2D eigenvalue weighted by Crippen LogP contribution is -2.49. The predicted molar refractivity (Wildman–Crippen MR) is 119 cm³/mol. The molecule has 0 bridgehead atoms. The lowest BCUT2D eigenvalue weighted by molar-refractivity contribution is -0.135. The SMILES string of the molecule is CC[C@@H]1CCCCN1C(=O)CN1C(=O)C(C)(C)c2cc(S(=O)(=O)N3CCCC3)ccc21. The molecule has 3 heterocycles. The number of carbonyl (C=O) groups is 2. The minimum atomic E-state index is -3.57. The molecule has 2 saturated heterocycles. The van der Waals surface area contributed by atoms with Gasteiger partial charge in [0.2, 0.25) is 21.8 Å². The number of nitrogens with zero attached hydrogens (tertiary/aromatic N) is 3. The van der Waals surface area contributed by atoms with E-state index in [4.69, 9.17) is 0 Å². The second kappa shape index (κ2) is 8.20. The van der Waals surface area contributed by atoms with E-state index in [2.05, 4.69) is 6.92 Å². The summed E-state index contributed by atoms with van der Waals surface area (Å²) < 4.78 is 27.6. The van der Waals surface area contributed by atoms with Crippen molar-refractivity contribution >= 4 is 27.5 Å². The number of sulfonamides is 1. The predicted octanol–water partition coefficient (Wildman–Crippen LogP) is 2.89. The van der Waals surface area contributed by atoms with Gasteiger partial charge in [0.25, 0.3) is 0 Å². The zero-order valence-electron chi connectivity index (χ0n) is 18.8. The number of rotatable bonds is 5. The van der Waals surface area contributed by atoms with E-state index in [1.165, 1.54) is 4.31 Å². The highest BCUT2D eigenvalue weighted by molar-refractivity contribution is 7.89. The molecule has 1 aromatic rings. The van der Waals surface area contributed by atoms with Crippen LogP contribution in [0, 0.1) is 0 Å². The smallest absolute Gasteiger partial charge is 0.243 e. The second-order valence-electron chi connectivity index (χ2n) is 9.45. The minimum Gasteiger partial charge on any atom is -0.338 e. The Bertz CT molecular complexity index is 983. The van der Waals surface area contributed by atoms with Gasteiger partial charge in [-0.3, -0.25) is 9.59 Å². The fraction of sp³-hybridized carbons (Fsp3) is 0.652. The van der Waals surface area contributed by atoms with Crippen molar-refractivity contribution < 1.29 is 18.0 Å². The van der Waals surface area contributed by atoms with Crippen molar-refractivity contribution in [2.75, 3.05) is 31.1 Å². The summed E-state index contributed by atoms with van der Waals surface area (Å²) in [5, 5.41) is 0. The van der Waals surface area contributed by atoms with Crippen LogP contribution in [0.3, 0.4) is 0 Å². The van der Waals surface area contributed by atoms with Crippen LogP contribution in [0.2, 0.25) is 0 Å². The number of carbonyl (C=O) groups excluding carboxylic acids is 2. The molecule has 8 heteroatoms. The summed E-state index contributed by atoms with van der Waals surface area (Å²) in [4.78, 5) is 30.1. The Kier molecular flexibility index (Phi) is 5.89. The first-order valence-electron chi connectivity index (χ1n) is 11.4. The van der Waals surface area contributed by atoms with Crippen LogP contribution in [0.4, 0.5) is 5.69 Å². The Morgan fingerprint density at radius 2 is 1.77 bits per heavy atom. The fourth-order valence-electron chi connectivity index (χ4n) is 5.19. The number of fused-ring (bicyclic) bond motifs is 1. The molecular weight excluding hydrogens is 414 g/mol. The molecule has 3 aliphatic rings. The quantitative estimate of drug-likeness (QED) is 0.695. The van der Waals surface area contributed by atoms with Crippen molar-refractivity contribution in [2.24, 2.45) is 0 Å². The summed E-state index contributed by atoms with van der Waals surface area (Å²) in [6.45, 7) is 7.53. The monoisotopic (exact) mass is 447 g/mol. The summed E-state index contributed by atoms with van der Waals surface area (Å²) >= 11 is 0. The van der Waals surface area contributed by atoms with E-state index in [0.29, 0.717) is 24.3 Å². The second-order valence-corrected chi connectivity index (χ2v) is 11.4. The Morgan fingerprint density at radius 1 is 1.10 bits per heavy atom. The first-order valence-corrected chi connectivity index (χ1v) is 12.9. The minimum absolute atomic E-state index is 0.00395. The molecule has 0 N–H and O–H groups in total. The Labute approximate surface area is 185 Å². The van der Waals surface area contributed by atoms with Gasteiger partial charge in [0.05, 0.1) is 10.3 Å². The van der Waals surface area contributed by atoms with Gasteiger partial charge < -0.3 is 9.80 Å². The van der Waals surface area contributed by atoms with Crippen LogP contribution in [0.1, 0.15) is 64.9 Å². The molecule has 3 aliphatic heterocycles. The average molecular weight is 448 g/mol. The van der Waals surface area contributed by atoms with E-state index in [-0.39, 0.29) is 29.3 Å². The number of likely N-dealkylation sites (tertiary alicyclic amines) is 1. The van der Waals surface area contributed by atoms with Gasteiger partial charge >= 0.3 is 0 Å². The van der Waals surface area contributed by atoms with Crippen molar-refractivity contribution in [3.8, 4) is 0 Å². The maximum absolute atomic E-state index is 13.3. The van der Waals surface area contributed by atoms with Gasteiger partial charge in [-0.2, -0.15) is 4.31 Å². The van der Waals surface area contributed by atoms with E-state index in [1.807, 2.05) is 4.90 Å². The summed E-state index contributed by atoms with van der Waals surface area (Å²) in [6.07, 6.45) is 5.80. The van der Waals surface area contributed by atoms with E-state index >= 15 is 0 Å². The molecule has 31 heavy (non-hydrogen) atoms.